The second-order valence-corrected chi connectivity index (χ2v) is 9.56. The summed E-state index contributed by atoms with van der Waals surface area (Å²) in [6.07, 6.45) is -1.47. The maximum atomic E-state index is 13.0. The van der Waals surface area contributed by atoms with Gasteiger partial charge in [0.15, 0.2) is 5.65 Å². The summed E-state index contributed by atoms with van der Waals surface area (Å²) >= 11 is 0.684. The Bertz CT molecular complexity index is 1100. The highest BCUT2D eigenvalue weighted by Crippen LogP contribution is 2.38. The molecule has 2 aliphatic rings. The molecule has 3 aromatic heterocycles. The Morgan fingerprint density at radius 3 is 2.56 bits per heavy atom. The number of nitrogens with zero attached hydrogens (tertiary/aromatic N) is 4. The topological polar surface area (TPSA) is 74.9 Å². The minimum absolute atomic E-state index is 0.216. The Hall–Kier alpha value is -2.21. The molecular formula is C21H24F3N5O2S. The summed E-state index contributed by atoms with van der Waals surface area (Å²) in [7, 11) is 0. The smallest absolute Gasteiger partial charge is 0.391 e. The van der Waals surface area contributed by atoms with Crippen LogP contribution >= 0.6 is 11.3 Å². The first-order chi connectivity index (χ1) is 15.3. The summed E-state index contributed by atoms with van der Waals surface area (Å²) < 4.78 is 45.9. The molecule has 2 N–H and O–H groups in total. The minimum atomic E-state index is -4.36. The molecule has 0 aromatic carbocycles. The number of aliphatic hydroxyl groups is 1. The van der Waals surface area contributed by atoms with Gasteiger partial charge in [0.1, 0.15) is 16.4 Å². The van der Waals surface area contributed by atoms with E-state index in [1.807, 2.05) is 13.0 Å². The number of hydrogen-bond donors (Lipinski definition) is 2. The van der Waals surface area contributed by atoms with Crippen LogP contribution in [-0.2, 0) is 10.9 Å². The normalized spacial score (nSPS) is 20.9. The first-order valence-corrected chi connectivity index (χ1v) is 11.4. The predicted octanol–water partition coefficient (Wildman–Crippen LogP) is 3.50. The van der Waals surface area contributed by atoms with Crippen molar-refractivity contribution < 1.29 is 23.0 Å². The number of ether oxygens (including phenoxy) is 1. The number of fused-ring (bicyclic) bond motifs is 1. The van der Waals surface area contributed by atoms with Crippen molar-refractivity contribution in [3.05, 3.63) is 35.3 Å². The van der Waals surface area contributed by atoms with Crippen LogP contribution in [0.25, 0.3) is 16.2 Å². The average Bonchev–Trinajstić information content (AvgIpc) is 3.34. The Morgan fingerprint density at radius 2 is 1.97 bits per heavy atom. The van der Waals surface area contributed by atoms with Gasteiger partial charge in [0.2, 0.25) is 0 Å². The van der Waals surface area contributed by atoms with Gasteiger partial charge in [-0.25, -0.2) is 9.50 Å². The highest BCUT2D eigenvalue weighted by molar-refractivity contribution is 7.15. The maximum absolute atomic E-state index is 13.0. The van der Waals surface area contributed by atoms with Crippen molar-refractivity contribution in [1.82, 2.24) is 19.5 Å². The van der Waals surface area contributed by atoms with Gasteiger partial charge in [0.25, 0.3) is 0 Å². The van der Waals surface area contributed by atoms with Crippen LogP contribution in [0.15, 0.2) is 30.5 Å². The molecule has 5 heterocycles. The molecule has 1 unspecified atom stereocenters. The van der Waals surface area contributed by atoms with Gasteiger partial charge < -0.3 is 15.2 Å². The number of anilines is 1. The second-order valence-electron chi connectivity index (χ2n) is 8.47. The number of nitrogens with one attached hydrogen (secondary N) is 1. The number of thiophene rings is 1. The zero-order valence-corrected chi connectivity index (χ0v) is 18.3. The molecule has 0 amide bonds. The summed E-state index contributed by atoms with van der Waals surface area (Å²) in [5, 5.41) is 18.3. The molecule has 2 fully saturated rings. The van der Waals surface area contributed by atoms with Crippen LogP contribution in [0.2, 0.25) is 0 Å². The van der Waals surface area contributed by atoms with Crippen molar-refractivity contribution in [2.24, 2.45) is 0 Å². The van der Waals surface area contributed by atoms with Crippen molar-refractivity contribution >= 4 is 22.8 Å². The molecule has 2 aliphatic heterocycles. The first-order valence-electron chi connectivity index (χ1n) is 10.6. The molecule has 0 saturated carbocycles. The van der Waals surface area contributed by atoms with E-state index in [9.17, 15) is 18.3 Å². The lowest BCUT2D eigenvalue weighted by atomic mass is 9.86. The highest BCUT2D eigenvalue weighted by atomic mass is 32.1. The maximum Gasteiger partial charge on any atom is 0.425 e. The quantitative estimate of drug-likeness (QED) is 0.598. The number of rotatable bonds is 5. The van der Waals surface area contributed by atoms with E-state index < -0.39 is 17.2 Å². The number of halogens is 3. The van der Waals surface area contributed by atoms with E-state index in [0.717, 1.165) is 32.0 Å². The molecule has 5 rings (SSSR count). The van der Waals surface area contributed by atoms with Crippen LogP contribution in [-0.4, -0.2) is 68.6 Å². The number of alkyl halides is 3. The zero-order valence-electron chi connectivity index (χ0n) is 17.5. The number of hydrogen-bond acceptors (Lipinski definition) is 7. The number of aromatic nitrogens is 3. The summed E-state index contributed by atoms with van der Waals surface area (Å²) in [5.41, 5.74) is 0.832. The van der Waals surface area contributed by atoms with Gasteiger partial charge in [-0.15, -0.1) is 16.4 Å². The Morgan fingerprint density at radius 1 is 1.22 bits per heavy atom. The van der Waals surface area contributed by atoms with Crippen LogP contribution in [0.3, 0.4) is 0 Å². The van der Waals surface area contributed by atoms with Crippen molar-refractivity contribution in [2.45, 2.75) is 43.6 Å². The van der Waals surface area contributed by atoms with Crippen molar-refractivity contribution in [3.8, 4) is 10.6 Å². The van der Waals surface area contributed by atoms with E-state index >= 15 is 0 Å². The van der Waals surface area contributed by atoms with Gasteiger partial charge in [-0.2, -0.15) is 13.2 Å². The summed E-state index contributed by atoms with van der Waals surface area (Å²) in [6, 6.07) is 6.40. The number of aliphatic hydroxyl groups excluding tert-OH is 1. The lowest BCUT2D eigenvalue weighted by Crippen LogP contribution is -2.69. The van der Waals surface area contributed by atoms with Crippen molar-refractivity contribution in [3.63, 3.8) is 0 Å². The lowest BCUT2D eigenvalue weighted by Gasteiger charge is -2.53. The van der Waals surface area contributed by atoms with Gasteiger partial charge in [-0.1, -0.05) is 0 Å². The molecule has 1 atom stereocenters. The van der Waals surface area contributed by atoms with Gasteiger partial charge >= 0.3 is 6.18 Å². The van der Waals surface area contributed by atoms with Crippen LogP contribution in [0.5, 0.6) is 0 Å². The van der Waals surface area contributed by atoms with Gasteiger partial charge in [-0.3, -0.25) is 4.90 Å². The molecule has 0 spiro atoms. The Kier molecular flexibility index (Phi) is 5.39. The average molecular weight is 468 g/mol. The molecule has 11 heteroatoms. The van der Waals surface area contributed by atoms with Crippen LogP contribution in [0.4, 0.5) is 19.0 Å². The standard InChI is InChI=1S/C21H24F3N5O2S/c1-13(30)20(11-31-12-20)28-8-6-14(7-9-28)26-18-4-5-19-25-10-15(29(19)27-18)16-2-3-17(32-16)21(22,23)24/h2-5,10,13-14,30H,6-9,11-12H2,1H3,(H,26,27). The van der Waals surface area contributed by atoms with E-state index in [0.29, 0.717) is 46.6 Å². The van der Waals surface area contributed by atoms with Gasteiger partial charge in [0.05, 0.1) is 35.9 Å². The molecule has 172 valence electrons. The second kappa shape index (κ2) is 7.98. The van der Waals surface area contributed by atoms with Crippen LogP contribution < -0.4 is 5.32 Å². The van der Waals surface area contributed by atoms with E-state index in [-0.39, 0.29) is 11.6 Å². The highest BCUT2D eigenvalue weighted by Gasteiger charge is 2.48. The number of likely N-dealkylation sites (tertiary alicyclic amines) is 1. The minimum Gasteiger partial charge on any atom is -0.391 e. The van der Waals surface area contributed by atoms with Gasteiger partial charge in [0, 0.05) is 19.1 Å². The fourth-order valence-electron chi connectivity index (χ4n) is 4.42. The molecule has 0 bridgehead atoms. The molecule has 3 aromatic rings. The van der Waals surface area contributed by atoms with E-state index in [4.69, 9.17) is 4.74 Å². The monoisotopic (exact) mass is 467 g/mol. The Balaban J connectivity index is 1.30. The molecule has 0 radical (unpaired) electrons. The first kappa shape index (κ1) is 21.6. The summed E-state index contributed by atoms with van der Waals surface area (Å²) in [5.74, 6) is 0.653. The molecule has 32 heavy (non-hydrogen) atoms. The van der Waals surface area contributed by atoms with E-state index in [1.165, 1.54) is 6.07 Å². The third kappa shape index (κ3) is 3.76. The molecular weight excluding hydrogens is 443 g/mol. The van der Waals surface area contributed by atoms with Crippen LogP contribution in [0, 0.1) is 0 Å². The third-order valence-electron chi connectivity index (χ3n) is 6.46. The fourth-order valence-corrected chi connectivity index (χ4v) is 5.29. The molecule has 2 saturated heterocycles. The lowest BCUT2D eigenvalue weighted by molar-refractivity contribution is -0.190. The SMILES string of the molecule is CC(O)C1(N2CCC(Nc3ccc4ncc(-c5ccc(C(F)(F)F)s5)n4n3)CC2)COC1. The Labute approximate surface area is 186 Å². The van der Waals surface area contributed by atoms with Crippen LogP contribution in [0.1, 0.15) is 24.6 Å². The predicted molar refractivity (Wildman–Crippen MR) is 115 cm³/mol. The number of imidazole rings is 1. The molecule has 0 aliphatic carbocycles. The largest absolute Gasteiger partial charge is 0.425 e. The molecule has 7 nitrogen and oxygen atoms in total. The van der Waals surface area contributed by atoms with E-state index in [1.54, 1.807) is 16.8 Å². The van der Waals surface area contributed by atoms with Gasteiger partial charge in [-0.05, 0) is 44.0 Å². The number of piperidine rings is 1. The van der Waals surface area contributed by atoms with Crippen molar-refractivity contribution in [1.29, 1.82) is 0 Å². The fraction of sp³-hybridized carbons (Fsp3) is 0.524. The zero-order chi connectivity index (χ0) is 22.5. The van der Waals surface area contributed by atoms with E-state index in [2.05, 4.69) is 20.3 Å². The van der Waals surface area contributed by atoms with Crippen molar-refractivity contribution in [2.75, 3.05) is 31.6 Å². The third-order valence-corrected chi connectivity index (χ3v) is 7.61. The summed E-state index contributed by atoms with van der Waals surface area (Å²) in [4.78, 5) is 6.42. The summed E-state index contributed by atoms with van der Waals surface area (Å²) in [6.45, 7) is 4.63.